The molecule has 19 heavy (non-hydrogen) atoms. The number of hydrogen-bond donors (Lipinski definition) is 0. The number of anilines is 1. The molecule has 1 unspecified atom stereocenters. The zero-order valence-corrected chi connectivity index (χ0v) is 11.4. The van der Waals surface area contributed by atoms with Crippen molar-refractivity contribution in [3.05, 3.63) is 65.7 Å². The van der Waals surface area contributed by atoms with Crippen LogP contribution in [-0.4, -0.2) is 25.3 Å². The Bertz CT molecular complexity index is 602. The van der Waals surface area contributed by atoms with Crippen molar-refractivity contribution >= 4 is 11.4 Å². The Labute approximate surface area is 114 Å². The molecular weight excluding hydrogens is 232 g/mol. The molecule has 1 aliphatic rings. The lowest BCUT2D eigenvalue weighted by atomic mass is 10.0. The van der Waals surface area contributed by atoms with Gasteiger partial charge in [-0.1, -0.05) is 48.5 Å². The van der Waals surface area contributed by atoms with Crippen molar-refractivity contribution < 1.29 is 0 Å². The van der Waals surface area contributed by atoms with Crippen LogP contribution in [0.4, 0.5) is 5.69 Å². The minimum absolute atomic E-state index is 0.419. The van der Waals surface area contributed by atoms with Gasteiger partial charge >= 0.3 is 0 Å². The molecule has 96 valence electrons. The lowest BCUT2D eigenvalue weighted by Crippen LogP contribution is -2.30. The van der Waals surface area contributed by atoms with Gasteiger partial charge in [-0.3, -0.25) is 4.99 Å². The molecule has 0 N–H and O–H groups in total. The highest BCUT2D eigenvalue weighted by Crippen LogP contribution is 2.27. The quantitative estimate of drug-likeness (QED) is 0.757. The van der Waals surface area contributed by atoms with E-state index in [9.17, 15) is 0 Å². The van der Waals surface area contributed by atoms with Crippen LogP contribution in [0.25, 0.3) is 0 Å². The summed E-state index contributed by atoms with van der Waals surface area (Å²) in [5.41, 5.74) is 4.78. The van der Waals surface area contributed by atoms with Crippen molar-refractivity contribution in [1.29, 1.82) is 0 Å². The first-order chi connectivity index (χ1) is 9.27. The van der Waals surface area contributed by atoms with Gasteiger partial charge in [0, 0.05) is 29.9 Å². The van der Waals surface area contributed by atoms with Crippen LogP contribution >= 0.6 is 0 Å². The summed E-state index contributed by atoms with van der Waals surface area (Å²) in [6.45, 7) is 3.05. The van der Waals surface area contributed by atoms with Gasteiger partial charge in [0.1, 0.15) is 0 Å². The molecule has 3 rings (SSSR count). The summed E-state index contributed by atoms with van der Waals surface area (Å²) in [7, 11) is 2.15. The molecule has 1 aliphatic heterocycles. The number of benzene rings is 2. The van der Waals surface area contributed by atoms with Gasteiger partial charge in [-0.05, 0) is 13.0 Å². The number of nitrogens with zero attached hydrogens (tertiary/aromatic N) is 2. The fourth-order valence-corrected chi connectivity index (χ4v) is 2.49. The van der Waals surface area contributed by atoms with E-state index in [1.807, 2.05) is 6.07 Å². The average molecular weight is 250 g/mol. The minimum atomic E-state index is 0.419. The SMILES string of the molecule is CC1CN=C(c2ccccc2)c2ccccc2N1C. The molecule has 0 amide bonds. The minimum Gasteiger partial charge on any atom is -0.369 e. The molecule has 0 saturated carbocycles. The molecule has 0 bridgehead atoms. The van der Waals surface area contributed by atoms with Gasteiger partial charge in [0.15, 0.2) is 0 Å². The summed E-state index contributed by atoms with van der Waals surface area (Å²) >= 11 is 0. The average Bonchev–Trinajstić information content (AvgIpc) is 2.59. The Morgan fingerprint density at radius 3 is 2.47 bits per heavy atom. The van der Waals surface area contributed by atoms with Gasteiger partial charge in [0.05, 0.1) is 12.3 Å². The molecule has 0 saturated heterocycles. The van der Waals surface area contributed by atoms with Gasteiger partial charge in [-0.2, -0.15) is 0 Å². The molecule has 2 heteroatoms. The van der Waals surface area contributed by atoms with Crippen LogP contribution in [0, 0.1) is 0 Å². The maximum atomic E-state index is 4.84. The number of fused-ring (bicyclic) bond motifs is 1. The lowest BCUT2D eigenvalue weighted by Gasteiger charge is -2.25. The third-order valence-corrected chi connectivity index (χ3v) is 3.76. The zero-order valence-electron chi connectivity index (χ0n) is 11.4. The van der Waals surface area contributed by atoms with E-state index in [0.29, 0.717) is 6.04 Å². The number of para-hydroxylation sites is 1. The Hall–Kier alpha value is -2.09. The van der Waals surface area contributed by atoms with Crippen molar-refractivity contribution in [1.82, 2.24) is 0 Å². The van der Waals surface area contributed by atoms with E-state index in [0.717, 1.165) is 12.3 Å². The van der Waals surface area contributed by atoms with Gasteiger partial charge < -0.3 is 4.90 Å². The molecular formula is C17H18N2. The van der Waals surface area contributed by atoms with Gasteiger partial charge in [0.2, 0.25) is 0 Å². The second-order valence-corrected chi connectivity index (χ2v) is 5.03. The summed E-state index contributed by atoms with van der Waals surface area (Å²) in [6, 6.07) is 19.4. The summed E-state index contributed by atoms with van der Waals surface area (Å²) in [5.74, 6) is 0. The highest BCUT2D eigenvalue weighted by molar-refractivity contribution is 6.16. The van der Waals surface area contributed by atoms with E-state index in [4.69, 9.17) is 4.99 Å². The normalized spacial score (nSPS) is 18.5. The first kappa shape index (κ1) is 12.0. The number of benzodiazepines with no additional fused rings is 1. The van der Waals surface area contributed by atoms with Crippen LogP contribution in [0.2, 0.25) is 0 Å². The van der Waals surface area contributed by atoms with Crippen LogP contribution < -0.4 is 4.90 Å². The van der Waals surface area contributed by atoms with Crippen molar-refractivity contribution in [3.8, 4) is 0 Å². The summed E-state index contributed by atoms with van der Waals surface area (Å²) in [6.07, 6.45) is 0. The Morgan fingerprint density at radius 1 is 1.00 bits per heavy atom. The van der Waals surface area contributed by atoms with E-state index < -0.39 is 0 Å². The van der Waals surface area contributed by atoms with E-state index >= 15 is 0 Å². The molecule has 0 spiro atoms. The molecule has 2 nitrogen and oxygen atoms in total. The van der Waals surface area contributed by atoms with E-state index in [-0.39, 0.29) is 0 Å². The van der Waals surface area contributed by atoms with Crippen LogP contribution in [-0.2, 0) is 0 Å². The summed E-state index contributed by atoms with van der Waals surface area (Å²) < 4.78 is 0. The molecule has 0 aliphatic carbocycles. The Kier molecular flexibility index (Phi) is 3.08. The van der Waals surface area contributed by atoms with Gasteiger partial charge in [-0.15, -0.1) is 0 Å². The number of rotatable bonds is 1. The predicted octanol–water partition coefficient (Wildman–Crippen LogP) is 3.36. The molecule has 0 fully saturated rings. The third-order valence-electron chi connectivity index (χ3n) is 3.76. The monoisotopic (exact) mass is 250 g/mol. The van der Waals surface area contributed by atoms with Crippen LogP contribution in [0.15, 0.2) is 59.6 Å². The fourth-order valence-electron chi connectivity index (χ4n) is 2.49. The molecule has 0 aromatic heterocycles. The Morgan fingerprint density at radius 2 is 1.68 bits per heavy atom. The van der Waals surface area contributed by atoms with Crippen molar-refractivity contribution in [3.63, 3.8) is 0 Å². The first-order valence-corrected chi connectivity index (χ1v) is 6.69. The molecule has 2 aromatic carbocycles. The lowest BCUT2D eigenvalue weighted by molar-refractivity contribution is 0.702. The highest BCUT2D eigenvalue weighted by atomic mass is 15.2. The largest absolute Gasteiger partial charge is 0.369 e. The third kappa shape index (κ3) is 2.14. The second-order valence-electron chi connectivity index (χ2n) is 5.03. The van der Waals surface area contributed by atoms with E-state index in [1.165, 1.54) is 16.8 Å². The maximum Gasteiger partial charge on any atom is 0.0740 e. The molecule has 1 heterocycles. The number of aliphatic imine (C=N–C) groups is 1. The van der Waals surface area contributed by atoms with Crippen LogP contribution in [0.3, 0.4) is 0 Å². The van der Waals surface area contributed by atoms with Crippen LogP contribution in [0.1, 0.15) is 18.1 Å². The summed E-state index contributed by atoms with van der Waals surface area (Å²) in [5, 5.41) is 0. The number of likely N-dealkylation sites (N-methyl/N-ethyl adjacent to an activating group) is 1. The Balaban J connectivity index is 2.17. The topological polar surface area (TPSA) is 15.6 Å². The van der Waals surface area contributed by atoms with E-state index in [2.05, 4.69) is 67.4 Å². The second kappa shape index (κ2) is 4.88. The van der Waals surface area contributed by atoms with Crippen molar-refractivity contribution in [2.24, 2.45) is 4.99 Å². The first-order valence-electron chi connectivity index (χ1n) is 6.69. The number of hydrogen-bond acceptors (Lipinski definition) is 2. The van der Waals surface area contributed by atoms with Crippen LogP contribution in [0.5, 0.6) is 0 Å². The predicted molar refractivity (Wildman–Crippen MR) is 81.3 cm³/mol. The molecule has 2 aromatic rings. The van der Waals surface area contributed by atoms with Crippen molar-refractivity contribution in [2.75, 3.05) is 18.5 Å². The molecule has 0 radical (unpaired) electrons. The van der Waals surface area contributed by atoms with Gasteiger partial charge in [0.25, 0.3) is 0 Å². The summed E-state index contributed by atoms with van der Waals surface area (Å²) in [4.78, 5) is 7.16. The van der Waals surface area contributed by atoms with Crippen molar-refractivity contribution in [2.45, 2.75) is 13.0 Å². The van der Waals surface area contributed by atoms with E-state index in [1.54, 1.807) is 0 Å². The fraction of sp³-hybridized carbons (Fsp3) is 0.235. The highest BCUT2D eigenvalue weighted by Gasteiger charge is 2.20. The smallest absolute Gasteiger partial charge is 0.0740 e. The standard InChI is InChI=1S/C17H18N2/c1-13-12-18-17(14-8-4-3-5-9-14)15-10-6-7-11-16(15)19(13)2/h3-11,13H,12H2,1-2H3. The zero-order chi connectivity index (χ0) is 13.2. The molecule has 1 atom stereocenters. The van der Waals surface area contributed by atoms with Gasteiger partial charge in [-0.25, -0.2) is 0 Å². The maximum absolute atomic E-state index is 4.84.